The molecule has 5 heteroatoms. The number of hydrogen-bond donors (Lipinski definition) is 2. The number of amides is 1. The predicted octanol–water partition coefficient (Wildman–Crippen LogP) is 3.36. The molecule has 1 aromatic carbocycles. The zero-order chi connectivity index (χ0) is 16.2. The maximum absolute atomic E-state index is 12.4. The molecule has 1 aliphatic heterocycles. The lowest BCUT2D eigenvalue weighted by Gasteiger charge is -2.16. The van der Waals surface area contributed by atoms with Gasteiger partial charge in [-0.05, 0) is 56.1 Å². The Bertz CT molecular complexity index is 708. The van der Waals surface area contributed by atoms with E-state index in [1.54, 1.807) is 0 Å². The zero-order valence-corrected chi connectivity index (χ0v) is 14.4. The van der Waals surface area contributed by atoms with E-state index in [-0.39, 0.29) is 5.91 Å². The molecule has 1 amide bonds. The van der Waals surface area contributed by atoms with Crippen molar-refractivity contribution < 1.29 is 4.79 Å². The Kier molecular flexibility index (Phi) is 5.23. The average molecular weight is 334 g/mol. The van der Waals surface area contributed by atoms with Crippen LogP contribution >= 0.6 is 11.6 Å². The molecule has 0 bridgehead atoms. The third-order valence-electron chi connectivity index (χ3n) is 4.45. The molecule has 0 fully saturated rings. The van der Waals surface area contributed by atoms with Gasteiger partial charge >= 0.3 is 0 Å². The van der Waals surface area contributed by atoms with Crippen LogP contribution in [0, 0.1) is 0 Å². The van der Waals surface area contributed by atoms with E-state index in [0.717, 1.165) is 59.7 Å². The van der Waals surface area contributed by atoms with Gasteiger partial charge in [0.15, 0.2) is 0 Å². The van der Waals surface area contributed by atoms with E-state index in [2.05, 4.69) is 22.1 Å². The molecule has 4 nitrogen and oxygen atoms in total. The summed E-state index contributed by atoms with van der Waals surface area (Å²) in [5.74, 6) is 0.0394. The number of nitrogens with one attached hydrogen (secondary N) is 2. The van der Waals surface area contributed by atoms with Crippen molar-refractivity contribution in [2.45, 2.75) is 39.2 Å². The van der Waals surface area contributed by atoms with Crippen molar-refractivity contribution in [3.05, 3.63) is 34.5 Å². The van der Waals surface area contributed by atoms with Crippen LogP contribution in [-0.4, -0.2) is 30.1 Å². The number of carbonyl (C=O) groups excluding carboxylic acids is 1. The van der Waals surface area contributed by atoms with Crippen LogP contribution in [-0.2, 0) is 13.0 Å². The third kappa shape index (κ3) is 3.38. The topological polar surface area (TPSA) is 46.1 Å². The molecule has 0 saturated carbocycles. The van der Waals surface area contributed by atoms with Gasteiger partial charge in [-0.2, -0.15) is 0 Å². The molecule has 2 heterocycles. The van der Waals surface area contributed by atoms with Crippen LogP contribution in [0.15, 0.2) is 18.2 Å². The quantitative estimate of drug-likeness (QED) is 0.763. The van der Waals surface area contributed by atoms with Crippen LogP contribution in [0.4, 0.5) is 0 Å². The Hall–Kier alpha value is -1.52. The SMILES string of the molecule is CCCCNCCCn1c2c(c3cc(Cl)ccc31)CCNC2=O. The van der Waals surface area contributed by atoms with E-state index in [1.165, 1.54) is 12.8 Å². The van der Waals surface area contributed by atoms with Gasteiger partial charge in [-0.15, -0.1) is 0 Å². The summed E-state index contributed by atoms with van der Waals surface area (Å²) in [6.07, 6.45) is 4.31. The Morgan fingerprint density at radius 1 is 1.30 bits per heavy atom. The van der Waals surface area contributed by atoms with Crippen molar-refractivity contribution in [1.29, 1.82) is 0 Å². The molecule has 0 saturated heterocycles. The second kappa shape index (κ2) is 7.37. The summed E-state index contributed by atoms with van der Waals surface area (Å²) in [4.78, 5) is 12.4. The summed E-state index contributed by atoms with van der Waals surface area (Å²) >= 11 is 6.16. The van der Waals surface area contributed by atoms with E-state index >= 15 is 0 Å². The first-order chi connectivity index (χ1) is 11.2. The molecule has 2 N–H and O–H groups in total. The molecule has 0 atom stereocenters. The fraction of sp³-hybridized carbons (Fsp3) is 0.500. The van der Waals surface area contributed by atoms with Gasteiger partial charge in [0, 0.05) is 29.0 Å². The summed E-state index contributed by atoms with van der Waals surface area (Å²) in [5.41, 5.74) is 3.08. The van der Waals surface area contributed by atoms with Gasteiger partial charge in [-0.25, -0.2) is 0 Å². The minimum Gasteiger partial charge on any atom is -0.350 e. The minimum atomic E-state index is 0.0394. The fourth-order valence-corrected chi connectivity index (χ4v) is 3.49. The third-order valence-corrected chi connectivity index (χ3v) is 4.68. The highest BCUT2D eigenvalue weighted by Crippen LogP contribution is 2.31. The number of nitrogens with zero attached hydrogens (tertiary/aromatic N) is 1. The maximum atomic E-state index is 12.4. The van der Waals surface area contributed by atoms with Crippen molar-refractivity contribution >= 4 is 28.4 Å². The number of benzene rings is 1. The number of hydrogen-bond acceptors (Lipinski definition) is 2. The lowest BCUT2D eigenvalue weighted by Crippen LogP contribution is -2.33. The smallest absolute Gasteiger partial charge is 0.268 e. The molecular formula is C18H24ClN3O. The van der Waals surface area contributed by atoms with Crippen molar-refractivity contribution in [3.8, 4) is 0 Å². The number of aryl methyl sites for hydroxylation is 1. The molecular weight excluding hydrogens is 310 g/mol. The first-order valence-corrected chi connectivity index (χ1v) is 8.89. The Morgan fingerprint density at radius 2 is 2.13 bits per heavy atom. The maximum Gasteiger partial charge on any atom is 0.268 e. The molecule has 1 aliphatic rings. The van der Waals surface area contributed by atoms with Crippen LogP contribution < -0.4 is 10.6 Å². The molecule has 3 rings (SSSR count). The first kappa shape index (κ1) is 16.3. The lowest BCUT2D eigenvalue weighted by atomic mass is 10.0. The summed E-state index contributed by atoms with van der Waals surface area (Å²) in [6.45, 7) is 5.79. The van der Waals surface area contributed by atoms with E-state index < -0.39 is 0 Å². The Labute approximate surface area is 142 Å². The predicted molar refractivity (Wildman–Crippen MR) is 95.4 cm³/mol. The Morgan fingerprint density at radius 3 is 2.96 bits per heavy atom. The molecule has 2 aromatic rings. The number of aromatic nitrogens is 1. The van der Waals surface area contributed by atoms with Crippen molar-refractivity contribution in [2.75, 3.05) is 19.6 Å². The van der Waals surface area contributed by atoms with Crippen LogP contribution in [0.2, 0.25) is 5.02 Å². The van der Waals surface area contributed by atoms with Gasteiger partial charge in [-0.3, -0.25) is 4.79 Å². The second-order valence-electron chi connectivity index (χ2n) is 6.10. The highest BCUT2D eigenvalue weighted by atomic mass is 35.5. The molecule has 0 radical (unpaired) electrons. The van der Waals surface area contributed by atoms with Crippen molar-refractivity contribution in [1.82, 2.24) is 15.2 Å². The van der Waals surface area contributed by atoms with E-state index in [9.17, 15) is 4.79 Å². The van der Waals surface area contributed by atoms with E-state index in [0.29, 0.717) is 6.54 Å². The number of unbranched alkanes of at least 4 members (excludes halogenated alkanes) is 1. The van der Waals surface area contributed by atoms with Crippen LogP contribution in [0.5, 0.6) is 0 Å². The first-order valence-electron chi connectivity index (χ1n) is 8.52. The number of carbonyl (C=O) groups is 1. The van der Waals surface area contributed by atoms with Crippen LogP contribution in [0.3, 0.4) is 0 Å². The largest absolute Gasteiger partial charge is 0.350 e. The monoisotopic (exact) mass is 333 g/mol. The molecule has 1 aromatic heterocycles. The van der Waals surface area contributed by atoms with Gasteiger partial charge in [0.2, 0.25) is 0 Å². The number of halogens is 1. The molecule has 0 aliphatic carbocycles. The van der Waals surface area contributed by atoms with E-state index in [1.807, 2.05) is 18.2 Å². The second-order valence-corrected chi connectivity index (χ2v) is 6.54. The molecule has 124 valence electrons. The highest BCUT2D eigenvalue weighted by molar-refractivity contribution is 6.31. The van der Waals surface area contributed by atoms with Crippen molar-refractivity contribution in [3.63, 3.8) is 0 Å². The van der Waals surface area contributed by atoms with Crippen LogP contribution in [0.1, 0.15) is 42.2 Å². The average Bonchev–Trinajstić information content (AvgIpc) is 2.85. The zero-order valence-electron chi connectivity index (χ0n) is 13.6. The molecule has 0 spiro atoms. The van der Waals surface area contributed by atoms with Crippen molar-refractivity contribution in [2.24, 2.45) is 0 Å². The molecule has 0 unspecified atom stereocenters. The van der Waals surface area contributed by atoms with Gasteiger partial charge in [0.1, 0.15) is 5.69 Å². The van der Waals surface area contributed by atoms with Gasteiger partial charge in [0.05, 0.1) is 0 Å². The minimum absolute atomic E-state index is 0.0394. The summed E-state index contributed by atoms with van der Waals surface area (Å²) in [6, 6.07) is 5.93. The standard InChI is InChI=1S/C18H24ClN3O/c1-2-3-8-20-9-4-11-22-16-6-5-13(19)12-15(16)14-7-10-21-18(23)17(14)22/h5-6,12,20H,2-4,7-11H2,1H3,(H,21,23). The lowest BCUT2D eigenvalue weighted by molar-refractivity contribution is 0.0936. The number of fused-ring (bicyclic) bond motifs is 3. The summed E-state index contributed by atoms with van der Waals surface area (Å²) < 4.78 is 2.16. The Balaban J connectivity index is 1.84. The normalized spacial score (nSPS) is 14.1. The van der Waals surface area contributed by atoms with Gasteiger partial charge in [0.25, 0.3) is 5.91 Å². The number of rotatable bonds is 7. The van der Waals surface area contributed by atoms with Gasteiger partial charge < -0.3 is 15.2 Å². The highest BCUT2D eigenvalue weighted by Gasteiger charge is 2.25. The fourth-order valence-electron chi connectivity index (χ4n) is 3.31. The van der Waals surface area contributed by atoms with Crippen LogP contribution in [0.25, 0.3) is 10.9 Å². The summed E-state index contributed by atoms with van der Waals surface area (Å²) in [7, 11) is 0. The molecule has 23 heavy (non-hydrogen) atoms. The summed E-state index contributed by atoms with van der Waals surface area (Å²) in [5, 5.41) is 8.28. The van der Waals surface area contributed by atoms with E-state index in [4.69, 9.17) is 11.6 Å². The van der Waals surface area contributed by atoms with Gasteiger partial charge in [-0.1, -0.05) is 24.9 Å².